The van der Waals surface area contributed by atoms with Crippen molar-refractivity contribution in [1.29, 1.82) is 0 Å². The van der Waals surface area contributed by atoms with Crippen LogP contribution in [0.25, 0.3) is 0 Å². The maximum atomic E-state index is 9.54. The number of nitrogens with zero attached hydrogens (tertiary/aromatic N) is 2. The maximum absolute atomic E-state index is 9.54. The quantitative estimate of drug-likeness (QED) is 0.778. The molecule has 0 saturated heterocycles. The molecule has 0 radical (unpaired) electrons. The molecule has 5 heteroatoms. The van der Waals surface area contributed by atoms with Gasteiger partial charge >= 0.3 is 0 Å². The van der Waals surface area contributed by atoms with Gasteiger partial charge in [0, 0.05) is 13.7 Å². The molecule has 1 atom stereocenters. The molecule has 0 spiro atoms. The number of aromatic nitrogens is 1. The predicted molar refractivity (Wildman–Crippen MR) is 60.2 cm³/mol. The SMILES string of the molecule is COCC(O)CN(C)Cc1nc(C)c(C)o1. The molecule has 1 N–H and O–H groups in total. The third-order valence-electron chi connectivity index (χ3n) is 2.36. The molecule has 92 valence electrons. The lowest BCUT2D eigenvalue weighted by molar-refractivity contribution is 0.0403. The zero-order valence-electron chi connectivity index (χ0n) is 10.4. The number of ether oxygens (including phenoxy) is 1. The Balaban J connectivity index is 2.42. The van der Waals surface area contributed by atoms with Gasteiger partial charge in [0.05, 0.1) is 24.9 Å². The second kappa shape index (κ2) is 5.98. The predicted octanol–water partition coefficient (Wildman–Crippen LogP) is 0.731. The summed E-state index contributed by atoms with van der Waals surface area (Å²) >= 11 is 0. The van der Waals surface area contributed by atoms with Crippen molar-refractivity contribution in [3.05, 3.63) is 17.3 Å². The summed E-state index contributed by atoms with van der Waals surface area (Å²) in [6.45, 7) is 5.28. The van der Waals surface area contributed by atoms with Crippen molar-refractivity contribution >= 4 is 0 Å². The van der Waals surface area contributed by atoms with Crippen molar-refractivity contribution in [3.8, 4) is 0 Å². The molecule has 0 aliphatic rings. The van der Waals surface area contributed by atoms with Crippen LogP contribution in [0.1, 0.15) is 17.3 Å². The van der Waals surface area contributed by atoms with Crippen molar-refractivity contribution < 1.29 is 14.3 Å². The Morgan fingerprint density at radius 3 is 2.69 bits per heavy atom. The van der Waals surface area contributed by atoms with Crippen LogP contribution in [0.4, 0.5) is 0 Å². The highest BCUT2D eigenvalue weighted by atomic mass is 16.5. The first-order chi connectivity index (χ1) is 7.52. The van der Waals surface area contributed by atoms with E-state index in [-0.39, 0.29) is 0 Å². The average Bonchev–Trinajstić information content (AvgIpc) is 2.45. The summed E-state index contributed by atoms with van der Waals surface area (Å²) in [6, 6.07) is 0. The summed E-state index contributed by atoms with van der Waals surface area (Å²) in [4.78, 5) is 6.24. The average molecular weight is 228 g/mol. The fourth-order valence-electron chi connectivity index (χ4n) is 1.51. The first-order valence-electron chi connectivity index (χ1n) is 5.31. The van der Waals surface area contributed by atoms with E-state index in [1.807, 2.05) is 25.8 Å². The maximum Gasteiger partial charge on any atom is 0.208 e. The van der Waals surface area contributed by atoms with Crippen LogP contribution in [-0.2, 0) is 11.3 Å². The van der Waals surface area contributed by atoms with Gasteiger partial charge in [0.1, 0.15) is 5.76 Å². The van der Waals surface area contributed by atoms with Gasteiger partial charge in [-0.3, -0.25) is 4.90 Å². The Bertz CT molecular complexity index is 306. The Morgan fingerprint density at radius 2 is 2.19 bits per heavy atom. The molecule has 0 saturated carbocycles. The van der Waals surface area contributed by atoms with E-state index in [1.165, 1.54) is 0 Å². The summed E-state index contributed by atoms with van der Waals surface area (Å²) in [5.41, 5.74) is 0.917. The topological polar surface area (TPSA) is 58.7 Å². The molecule has 1 unspecified atom stereocenters. The van der Waals surface area contributed by atoms with E-state index in [1.54, 1.807) is 7.11 Å². The van der Waals surface area contributed by atoms with Crippen LogP contribution >= 0.6 is 0 Å². The van der Waals surface area contributed by atoms with Gasteiger partial charge in [-0.15, -0.1) is 0 Å². The summed E-state index contributed by atoms with van der Waals surface area (Å²) in [5, 5.41) is 9.54. The Morgan fingerprint density at radius 1 is 1.50 bits per heavy atom. The molecule has 0 aliphatic carbocycles. The van der Waals surface area contributed by atoms with Gasteiger partial charge < -0.3 is 14.3 Å². The van der Waals surface area contributed by atoms with Gasteiger partial charge in [0.15, 0.2) is 0 Å². The molecular weight excluding hydrogens is 208 g/mol. The molecule has 0 amide bonds. The normalized spacial score (nSPS) is 13.4. The lowest BCUT2D eigenvalue weighted by Gasteiger charge is -2.18. The van der Waals surface area contributed by atoms with Crippen LogP contribution in [-0.4, -0.2) is 48.4 Å². The summed E-state index contributed by atoms with van der Waals surface area (Å²) in [7, 11) is 3.48. The molecule has 0 aromatic carbocycles. The molecule has 1 heterocycles. The fourth-order valence-corrected chi connectivity index (χ4v) is 1.51. The van der Waals surface area contributed by atoms with Crippen LogP contribution in [0, 0.1) is 13.8 Å². The first kappa shape index (κ1) is 13.2. The molecule has 0 aliphatic heterocycles. The van der Waals surface area contributed by atoms with Crippen molar-refractivity contribution in [2.75, 3.05) is 27.3 Å². The number of aliphatic hydroxyl groups is 1. The number of hydrogen-bond donors (Lipinski definition) is 1. The van der Waals surface area contributed by atoms with Crippen molar-refractivity contribution in [1.82, 2.24) is 9.88 Å². The third kappa shape index (κ3) is 3.92. The monoisotopic (exact) mass is 228 g/mol. The fraction of sp³-hybridized carbons (Fsp3) is 0.727. The highest BCUT2D eigenvalue weighted by Crippen LogP contribution is 2.09. The van der Waals surface area contributed by atoms with Gasteiger partial charge in [0.25, 0.3) is 0 Å². The van der Waals surface area contributed by atoms with E-state index in [9.17, 15) is 5.11 Å². The summed E-state index contributed by atoms with van der Waals surface area (Å²) < 4.78 is 10.3. The van der Waals surface area contributed by atoms with E-state index >= 15 is 0 Å². The number of likely N-dealkylation sites (N-methyl/N-ethyl adjacent to an activating group) is 1. The lowest BCUT2D eigenvalue weighted by Crippen LogP contribution is -2.31. The summed E-state index contributed by atoms with van der Waals surface area (Å²) in [6.07, 6.45) is -0.479. The van der Waals surface area contributed by atoms with E-state index in [2.05, 4.69) is 4.98 Å². The van der Waals surface area contributed by atoms with Crippen LogP contribution < -0.4 is 0 Å². The second-order valence-corrected chi connectivity index (χ2v) is 4.06. The highest BCUT2D eigenvalue weighted by Gasteiger charge is 2.12. The number of rotatable bonds is 6. The minimum absolute atomic E-state index is 0.341. The van der Waals surface area contributed by atoms with Gasteiger partial charge in [-0.25, -0.2) is 4.98 Å². The zero-order chi connectivity index (χ0) is 12.1. The van der Waals surface area contributed by atoms with Gasteiger partial charge in [-0.1, -0.05) is 0 Å². The number of aryl methyl sites for hydroxylation is 2. The minimum atomic E-state index is -0.479. The van der Waals surface area contributed by atoms with Crippen LogP contribution in [0.5, 0.6) is 0 Å². The number of aliphatic hydroxyl groups excluding tert-OH is 1. The Hall–Kier alpha value is -0.910. The molecule has 0 fully saturated rings. The zero-order valence-corrected chi connectivity index (χ0v) is 10.4. The largest absolute Gasteiger partial charge is 0.444 e. The van der Waals surface area contributed by atoms with Crippen LogP contribution in [0.2, 0.25) is 0 Å². The van der Waals surface area contributed by atoms with Crippen LogP contribution in [0.15, 0.2) is 4.42 Å². The molecular formula is C11H20N2O3. The molecule has 1 aromatic heterocycles. The number of oxazole rings is 1. The smallest absolute Gasteiger partial charge is 0.208 e. The van der Waals surface area contributed by atoms with E-state index in [4.69, 9.17) is 9.15 Å². The van der Waals surface area contributed by atoms with Crippen molar-refractivity contribution in [2.45, 2.75) is 26.5 Å². The van der Waals surface area contributed by atoms with Gasteiger partial charge in [0.2, 0.25) is 5.89 Å². The third-order valence-corrected chi connectivity index (χ3v) is 2.36. The van der Waals surface area contributed by atoms with E-state index < -0.39 is 6.10 Å². The summed E-state index contributed by atoms with van der Waals surface area (Å²) in [5.74, 6) is 1.53. The molecule has 0 bridgehead atoms. The Labute approximate surface area is 96.0 Å². The number of hydrogen-bond acceptors (Lipinski definition) is 5. The van der Waals surface area contributed by atoms with E-state index in [0.717, 1.165) is 11.5 Å². The van der Waals surface area contributed by atoms with E-state index in [0.29, 0.717) is 25.6 Å². The minimum Gasteiger partial charge on any atom is -0.444 e. The molecule has 1 aromatic rings. The van der Waals surface area contributed by atoms with Gasteiger partial charge in [-0.05, 0) is 20.9 Å². The molecule has 16 heavy (non-hydrogen) atoms. The number of methoxy groups -OCH3 is 1. The van der Waals surface area contributed by atoms with Crippen molar-refractivity contribution in [2.24, 2.45) is 0 Å². The molecule has 1 rings (SSSR count). The van der Waals surface area contributed by atoms with Gasteiger partial charge in [-0.2, -0.15) is 0 Å². The second-order valence-electron chi connectivity index (χ2n) is 4.06. The molecule has 5 nitrogen and oxygen atoms in total. The highest BCUT2D eigenvalue weighted by molar-refractivity contribution is 5.05. The van der Waals surface area contributed by atoms with Crippen LogP contribution in [0.3, 0.4) is 0 Å². The Kier molecular flexibility index (Phi) is 4.92. The standard InChI is InChI=1S/C11H20N2O3/c1-8-9(2)16-11(12-8)6-13(3)5-10(14)7-15-4/h10,14H,5-7H2,1-4H3. The first-order valence-corrected chi connectivity index (χ1v) is 5.31. The lowest BCUT2D eigenvalue weighted by atomic mass is 10.3. The van der Waals surface area contributed by atoms with Crippen molar-refractivity contribution in [3.63, 3.8) is 0 Å².